The summed E-state index contributed by atoms with van der Waals surface area (Å²) in [4.78, 5) is 23.8. The number of hydrogen-bond acceptors (Lipinski definition) is 5. The zero-order valence-electron chi connectivity index (χ0n) is 16.1. The summed E-state index contributed by atoms with van der Waals surface area (Å²) in [7, 11) is 0. The fourth-order valence-electron chi connectivity index (χ4n) is 2.40. The Kier molecular flexibility index (Phi) is 9.38. The zero-order valence-corrected chi connectivity index (χ0v) is 16.9. The number of esters is 1. The molecule has 0 radical (unpaired) electrons. The van der Waals surface area contributed by atoms with Crippen molar-refractivity contribution in [1.82, 2.24) is 5.32 Å². The van der Waals surface area contributed by atoms with Crippen molar-refractivity contribution in [2.45, 2.75) is 19.3 Å². The van der Waals surface area contributed by atoms with Gasteiger partial charge in [-0.25, -0.2) is 0 Å². The number of rotatable bonds is 10. The molecule has 2 aromatic carbocycles. The molecule has 0 heterocycles. The molecule has 6 nitrogen and oxygen atoms in total. The first kappa shape index (κ1) is 22.1. The summed E-state index contributed by atoms with van der Waals surface area (Å²) < 4.78 is 10.7. The first-order valence-corrected chi connectivity index (χ1v) is 9.62. The fourth-order valence-corrected chi connectivity index (χ4v) is 2.63. The molecule has 0 aliphatic heterocycles. The van der Waals surface area contributed by atoms with Gasteiger partial charge in [0.15, 0.2) is 5.11 Å². The normalized spacial score (nSPS) is 9.93. The van der Waals surface area contributed by atoms with Crippen LogP contribution in [0.2, 0.25) is 0 Å². The van der Waals surface area contributed by atoms with E-state index in [1.165, 1.54) is 0 Å². The van der Waals surface area contributed by atoms with Gasteiger partial charge in [0, 0.05) is 12.8 Å². The molecule has 152 valence electrons. The topological polar surface area (TPSA) is 76.7 Å². The molecule has 0 bridgehead atoms. The summed E-state index contributed by atoms with van der Waals surface area (Å²) >= 11 is 5.15. The molecule has 7 heteroatoms. The van der Waals surface area contributed by atoms with Crippen LogP contribution in [-0.2, 0) is 20.7 Å². The van der Waals surface area contributed by atoms with Crippen molar-refractivity contribution in [2.24, 2.45) is 0 Å². The van der Waals surface area contributed by atoms with Gasteiger partial charge in [0.1, 0.15) is 12.4 Å². The average Bonchev–Trinajstić information content (AvgIpc) is 2.72. The molecule has 2 aromatic rings. The van der Waals surface area contributed by atoms with Crippen LogP contribution in [-0.4, -0.2) is 30.2 Å². The number of benzene rings is 2. The highest BCUT2D eigenvalue weighted by Gasteiger charge is 2.11. The predicted molar refractivity (Wildman–Crippen MR) is 117 cm³/mol. The maximum Gasteiger partial charge on any atom is 0.306 e. The summed E-state index contributed by atoms with van der Waals surface area (Å²) in [5.74, 6) is -0.198. The van der Waals surface area contributed by atoms with Gasteiger partial charge in [-0.3, -0.25) is 9.59 Å². The predicted octanol–water partition coefficient (Wildman–Crippen LogP) is 3.63. The molecule has 0 aliphatic carbocycles. The Bertz CT molecular complexity index is 840. The van der Waals surface area contributed by atoms with E-state index in [9.17, 15) is 9.59 Å². The average molecular weight is 413 g/mol. The molecule has 0 aliphatic rings. The molecule has 0 spiro atoms. The fraction of sp³-hybridized carbons (Fsp3) is 0.227. The van der Waals surface area contributed by atoms with Crippen LogP contribution in [0.4, 0.5) is 5.69 Å². The lowest BCUT2D eigenvalue weighted by atomic mass is 10.2. The molecule has 0 aromatic heterocycles. The lowest BCUT2D eigenvalue weighted by Gasteiger charge is -2.13. The Morgan fingerprint density at radius 1 is 1.03 bits per heavy atom. The van der Waals surface area contributed by atoms with Gasteiger partial charge in [0.05, 0.1) is 18.7 Å². The molecular formula is C22H24N2O4S. The van der Waals surface area contributed by atoms with E-state index in [1.807, 2.05) is 42.5 Å². The van der Waals surface area contributed by atoms with Crippen molar-refractivity contribution in [2.75, 3.05) is 18.5 Å². The van der Waals surface area contributed by atoms with E-state index in [4.69, 9.17) is 21.7 Å². The molecular weight excluding hydrogens is 388 g/mol. The summed E-state index contributed by atoms with van der Waals surface area (Å²) in [6.45, 7) is 4.24. The molecule has 2 rings (SSSR count). The second kappa shape index (κ2) is 12.3. The standard InChI is InChI=1S/C22H24N2O4S/c1-2-15-27-19-11-7-6-10-18(19)23-22(29)24-20(25)12-13-21(26)28-16-14-17-8-4-3-5-9-17/h2-11H,1,12-16H2,(H2,23,24,25,29). The number of ether oxygens (including phenoxy) is 2. The number of para-hydroxylation sites is 2. The van der Waals surface area contributed by atoms with Crippen molar-refractivity contribution in [3.8, 4) is 5.75 Å². The number of carbonyl (C=O) groups is 2. The second-order valence-electron chi connectivity index (χ2n) is 6.05. The SMILES string of the molecule is C=CCOc1ccccc1NC(=S)NC(=O)CCC(=O)OCCc1ccccc1. The third kappa shape index (κ3) is 8.57. The van der Waals surface area contributed by atoms with Crippen LogP contribution < -0.4 is 15.4 Å². The third-order valence-electron chi connectivity index (χ3n) is 3.80. The Labute approximate surface area is 175 Å². The Balaban J connectivity index is 1.68. The van der Waals surface area contributed by atoms with Gasteiger partial charge in [-0.05, 0) is 29.9 Å². The zero-order chi connectivity index (χ0) is 20.9. The van der Waals surface area contributed by atoms with Gasteiger partial charge in [-0.15, -0.1) is 0 Å². The summed E-state index contributed by atoms with van der Waals surface area (Å²) in [6.07, 6.45) is 2.25. The van der Waals surface area contributed by atoms with Gasteiger partial charge >= 0.3 is 5.97 Å². The lowest BCUT2D eigenvalue weighted by molar-refractivity contribution is -0.144. The van der Waals surface area contributed by atoms with Gasteiger partial charge < -0.3 is 20.1 Å². The smallest absolute Gasteiger partial charge is 0.306 e. The van der Waals surface area contributed by atoms with Gasteiger partial charge in [0.25, 0.3) is 0 Å². The molecule has 2 N–H and O–H groups in total. The van der Waals surface area contributed by atoms with Crippen LogP contribution in [0.15, 0.2) is 67.3 Å². The molecule has 29 heavy (non-hydrogen) atoms. The van der Waals surface area contributed by atoms with Crippen molar-refractivity contribution in [3.63, 3.8) is 0 Å². The van der Waals surface area contributed by atoms with Crippen LogP contribution in [0.5, 0.6) is 5.75 Å². The molecule has 0 saturated carbocycles. The van der Waals surface area contributed by atoms with Crippen LogP contribution >= 0.6 is 12.2 Å². The van der Waals surface area contributed by atoms with Crippen LogP contribution in [0.3, 0.4) is 0 Å². The lowest BCUT2D eigenvalue weighted by Crippen LogP contribution is -2.34. The van der Waals surface area contributed by atoms with Crippen molar-refractivity contribution in [1.29, 1.82) is 0 Å². The highest BCUT2D eigenvalue weighted by molar-refractivity contribution is 7.80. The number of anilines is 1. The Morgan fingerprint density at radius 3 is 2.52 bits per heavy atom. The third-order valence-corrected chi connectivity index (χ3v) is 4.00. The first-order chi connectivity index (χ1) is 14.1. The van der Waals surface area contributed by atoms with E-state index in [2.05, 4.69) is 17.2 Å². The number of carbonyl (C=O) groups excluding carboxylic acids is 2. The second-order valence-corrected chi connectivity index (χ2v) is 6.46. The van der Waals surface area contributed by atoms with Crippen LogP contribution in [0.25, 0.3) is 0 Å². The number of thiocarbonyl (C=S) groups is 1. The van der Waals surface area contributed by atoms with Crippen LogP contribution in [0, 0.1) is 0 Å². The highest BCUT2D eigenvalue weighted by Crippen LogP contribution is 2.23. The maximum atomic E-state index is 12.0. The van der Waals surface area contributed by atoms with E-state index in [0.29, 0.717) is 24.5 Å². The number of amides is 1. The summed E-state index contributed by atoms with van der Waals surface area (Å²) in [5, 5.41) is 5.59. The van der Waals surface area contributed by atoms with Gasteiger partial charge in [-0.1, -0.05) is 55.1 Å². The largest absolute Gasteiger partial charge is 0.487 e. The first-order valence-electron chi connectivity index (χ1n) is 9.21. The van der Waals surface area contributed by atoms with E-state index in [0.717, 1.165) is 5.56 Å². The minimum absolute atomic E-state index is 0.0116. The van der Waals surface area contributed by atoms with Crippen molar-refractivity contribution < 1.29 is 19.1 Å². The number of nitrogens with one attached hydrogen (secondary N) is 2. The molecule has 0 fully saturated rings. The van der Waals surface area contributed by atoms with Gasteiger partial charge in [0.2, 0.25) is 5.91 Å². The quantitative estimate of drug-likeness (QED) is 0.353. The van der Waals surface area contributed by atoms with Crippen molar-refractivity contribution >= 4 is 34.9 Å². The monoisotopic (exact) mass is 412 g/mol. The Morgan fingerprint density at radius 2 is 1.76 bits per heavy atom. The molecule has 0 atom stereocenters. The van der Waals surface area contributed by atoms with E-state index < -0.39 is 5.97 Å². The van der Waals surface area contributed by atoms with E-state index >= 15 is 0 Å². The van der Waals surface area contributed by atoms with Crippen molar-refractivity contribution in [3.05, 3.63) is 72.8 Å². The minimum atomic E-state index is -0.418. The van der Waals surface area contributed by atoms with E-state index in [-0.39, 0.29) is 30.5 Å². The minimum Gasteiger partial charge on any atom is -0.487 e. The maximum absolute atomic E-state index is 12.0. The molecule has 1 amide bonds. The van der Waals surface area contributed by atoms with Crippen LogP contribution in [0.1, 0.15) is 18.4 Å². The Hall–Kier alpha value is -3.19. The number of hydrogen-bond donors (Lipinski definition) is 2. The summed E-state index contributed by atoms with van der Waals surface area (Å²) in [5.41, 5.74) is 1.71. The molecule has 0 saturated heterocycles. The van der Waals surface area contributed by atoms with Gasteiger partial charge in [-0.2, -0.15) is 0 Å². The molecule has 0 unspecified atom stereocenters. The van der Waals surface area contributed by atoms with E-state index in [1.54, 1.807) is 18.2 Å². The summed E-state index contributed by atoms with van der Waals surface area (Å²) in [6, 6.07) is 16.9. The highest BCUT2D eigenvalue weighted by atomic mass is 32.1.